The number of amides is 1. The maximum Gasteiger partial charge on any atom is 0.240 e. The van der Waals surface area contributed by atoms with Crippen LogP contribution < -0.4 is 9.62 Å². The number of hydrogen-bond acceptors (Lipinski definition) is 3. The number of rotatable bonds is 5. The topological polar surface area (TPSA) is 66.5 Å². The lowest BCUT2D eigenvalue weighted by Crippen LogP contribution is -2.32. The van der Waals surface area contributed by atoms with Crippen LogP contribution in [0.3, 0.4) is 0 Å². The van der Waals surface area contributed by atoms with Crippen molar-refractivity contribution in [1.29, 1.82) is 0 Å². The van der Waals surface area contributed by atoms with E-state index in [1.165, 1.54) is 12.1 Å². The van der Waals surface area contributed by atoms with Gasteiger partial charge in [0, 0.05) is 29.7 Å². The highest BCUT2D eigenvalue weighted by Gasteiger charge is 2.26. The third kappa shape index (κ3) is 3.92. The van der Waals surface area contributed by atoms with Gasteiger partial charge in [0.15, 0.2) is 0 Å². The van der Waals surface area contributed by atoms with Crippen LogP contribution in [0.4, 0.5) is 5.69 Å². The van der Waals surface area contributed by atoms with Gasteiger partial charge in [0.1, 0.15) is 0 Å². The normalized spacial score (nSPS) is 13.9. The summed E-state index contributed by atoms with van der Waals surface area (Å²) in [5, 5.41) is 0.375. The number of hydrogen-bond donors (Lipinski definition) is 1. The first kappa shape index (κ1) is 18.9. The molecule has 2 aromatic rings. The molecule has 0 aliphatic carbocycles. The Labute approximate surface area is 159 Å². The minimum atomic E-state index is -3.63. The summed E-state index contributed by atoms with van der Waals surface area (Å²) >= 11 is 5.87. The van der Waals surface area contributed by atoms with E-state index in [0.29, 0.717) is 11.6 Å². The summed E-state index contributed by atoms with van der Waals surface area (Å²) in [6, 6.07) is 11.9. The summed E-state index contributed by atoms with van der Waals surface area (Å²) in [6.07, 6.45) is 0.780. The molecule has 0 unspecified atom stereocenters. The SMILES string of the molecule is CC(C)C(=O)N1CCc2cc(CNS(=O)(=O)c3cccc(Cl)c3)ccc21. The molecule has 0 saturated heterocycles. The van der Waals surface area contributed by atoms with E-state index in [2.05, 4.69) is 4.72 Å². The van der Waals surface area contributed by atoms with Crippen LogP contribution in [0.1, 0.15) is 25.0 Å². The van der Waals surface area contributed by atoms with Crippen LogP contribution in [0.15, 0.2) is 47.4 Å². The van der Waals surface area contributed by atoms with Crippen molar-refractivity contribution in [2.75, 3.05) is 11.4 Å². The van der Waals surface area contributed by atoms with Crippen LogP contribution in [-0.2, 0) is 27.8 Å². The summed E-state index contributed by atoms with van der Waals surface area (Å²) in [5.74, 6) is 0.0586. The molecule has 0 spiro atoms. The van der Waals surface area contributed by atoms with Gasteiger partial charge in [-0.25, -0.2) is 13.1 Å². The van der Waals surface area contributed by atoms with Gasteiger partial charge in [0.2, 0.25) is 15.9 Å². The Hall–Kier alpha value is -1.89. The molecule has 7 heteroatoms. The van der Waals surface area contributed by atoms with Gasteiger partial charge in [-0.15, -0.1) is 0 Å². The van der Waals surface area contributed by atoms with Crippen molar-refractivity contribution in [3.8, 4) is 0 Å². The molecule has 0 fully saturated rings. The fourth-order valence-corrected chi connectivity index (χ4v) is 4.32. The van der Waals surface area contributed by atoms with E-state index in [4.69, 9.17) is 11.6 Å². The lowest BCUT2D eigenvalue weighted by Gasteiger charge is -2.19. The number of fused-ring (bicyclic) bond motifs is 1. The van der Waals surface area contributed by atoms with Gasteiger partial charge in [0.25, 0.3) is 0 Å². The number of carbonyl (C=O) groups is 1. The Bertz CT molecular complexity index is 942. The van der Waals surface area contributed by atoms with E-state index < -0.39 is 10.0 Å². The highest BCUT2D eigenvalue weighted by Crippen LogP contribution is 2.30. The van der Waals surface area contributed by atoms with Crippen molar-refractivity contribution in [1.82, 2.24) is 4.72 Å². The first-order valence-electron chi connectivity index (χ1n) is 8.46. The summed E-state index contributed by atoms with van der Waals surface area (Å²) in [5.41, 5.74) is 2.84. The zero-order valence-corrected chi connectivity index (χ0v) is 16.3. The van der Waals surface area contributed by atoms with E-state index in [1.807, 2.05) is 32.0 Å². The standard InChI is InChI=1S/C19H21ClN2O3S/c1-13(2)19(23)22-9-8-15-10-14(6-7-18(15)22)12-21-26(24,25)17-5-3-4-16(20)11-17/h3-7,10-11,13,21H,8-9,12H2,1-2H3. The number of benzene rings is 2. The molecular weight excluding hydrogens is 372 g/mol. The Balaban J connectivity index is 1.74. The molecule has 2 aromatic carbocycles. The molecule has 0 aromatic heterocycles. The number of halogens is 1. The van der Waals surface area contributed by atoms with Gasteiger partial charge in [-0.2, -0.15) is 0 Å². The Morgan fingerprint density at radius 2 is 2.00 bits per heavy atom. The minimum absolute atomic E-state index is 0.0508. The van der Waals surface area contributed by atoms with E-state index in [-0.39, 0.29) is 23.3 Å². The minimum Gasteiger partial charge on any atom is -0.312 e. The van der Waals surface area contributed by atoms with Crippen molar-refractivity contribution < 1.29 is 13.2 Å². The average Bonchev–Trinajstić information content (AvgIpc) is 3.02. The molecule has 1 aliphatic rings. The largest absolute Gasteiger partial charge is 0.312 e. The van der Waals surface area contributed by atoms with Crippen molar-refractivity contribution in [2.24, 2.45) is 5.92 Å². The molecule has 1 N–H and O–H groups in total. The van der Waals surface area contributed by atoms with Crippen LogP contribution >= 0.6 is 11.6 Å². The predicted octanol–water partition coefficient (Wildman–Crippen LogP) is 3.36. The highest BCUT2D eigenvalue weighted by atomic mass is 35.5. The van der Waals surface area contributed by atoms with Crippen molar-refractivity contribution in [3.63, 3.8) is 0 Å². The fraction of sp³-hybridized carbons (Fsp3) is 0.316. The number of sulfonamides is 1. The van der Waals surface area contributed by atoms with E-state index in [1.54, 1.807) is 17.0 Å². The molecule has 5 nitrogen and oxygen atoms in total. The highest BCUT2D eigenvalue weighted by molar-refractivity contribution is 7.89. The van der Waals surface area contributed by atoms with Gasteiger partial charge in [-0.1, -0.05) is 43.6 Å². The maximum atomic E-state index is 12.4. The molecule has 138 valence electrons. The van der Waals surface area contributed by atoms with Gasteiger partial charge >= 0.3 is 0 Å². The van der Waals surface area contributed by atoms with Crippen LogP contribution in [0.2, 0.25) is 5.02 Å². The second-order valence-electron chi connectivity index (χ2n) is 6.64. The molecule has 3 rings (SSSR count). The van der Waals surface area contributed by atoms with Crippen LogP contribution in [0.25, 0.3) is 0 Å². The number of nitrogens with one attached hydrogen (secondary N) is 1. The molecule has 1 amide bonds. The summed E-state index contributed by atoms with van der Waals surface area (Å²) in [7, 11) is -3.63. The monoisotopic (exact) mass is 392 g/mol. The zero-order valence-electron chi connectivity index (χ0n) is 14.7. The fourth-order valence-electron chi connectivity index (χ4n) is 3.00. The lowest BCUT2D eigenvalue weighted by atomic mass is 10.1. The van der Waals surface area contributed by atoms with Crippen LogP contribution in [-0.4, -0.2) is 20.9 Å². The average molecular weight is 393 g/mol. The van der Waals surface area contributed by atoms with Crippen molar-refractivity contribution >= 4 is 33.2 Å². The molecule has 0 bridgehead atoms. The Kier molecular flexibility index (Phi) is 5.37. The van der Waals surface area contributed by atoms with E-state index in [9.17, 15) is 13.2 Å². The Morgan fingerprint density at radius 3 is 2.69 bits per heavy atom. The second kappa shape index (κ2) is 7.39. The first-order valence-corrected chi connectivity index (χ1v) is 10.3. The number of nitrogens with zero attached hydrogens (tertiary/aromatic N) is 1. The quantitative estimate of drug-likeness (QED) is 0.848. The molecule has 1 aliphatic heterocycles. The van der Waals surface area contributed by atoms with E-state index in [0.717, 1.165) is 23.2 Å². The lowest BCUT2D eigenvalue weighted by molar-refractivity contribution is -0.121. The number of carbonyl (C=O) groups excluding carboxylic acids is 1. The van der Waals surface area contributed by atoms with Crippen LogP contribution in [0, 0.1) is 5.92 Å². The van der Waals surface area contributed by atoms with Gasteiger partial charge in [0.05, 0.1) is 4.90 Å². The predicted molar refractivity (Wildman–Crippen MR) is 103 cm³/mol. The second-order valence-corrected chi connectivity index (χ2v) is 8.84. The molecule has 1 heterocycles. The summed E-state index contributed by atoms with van der Waals surface area (Å²) in [6.45, 7) is 4.63. The number of anilines is 1. The maximum absolute atomic E-state index is 12.4. The molecule has 0 atom stereocenters. The molecule has 0 radical (unpaired) electrons. The third-order valence-electron chi connectivity index (χ3n) is 4.37. The summed E-state index contributed by atoms with van der Waals surface area (Å²) < 4.78 is 27.4. The smallest absolute Gasteiger partial charge is 0.240 e. The van der Waals surface area contributed by atoms with Crippen molar-refractivity contribution in [2.45, 2.75) is 31.7 Å². The third-order valence-corrected chi connectivity index (χ3v) is 6.01. The van der Waals surface area contributed by atoms with Crippen LogP contribution in [0.5, 0.6) is 0 Å². The van der Waals surface area contributed by atoms with Gasteiger partial charge in [-0.05, 0) is 41.8 Å². The van der Waals surface area contributed by atoms with Crippen molar-refractivity contribution in [3.05, 3.63) is 58.6 Å². The van der Waals surface area contributed by atoms with E-state index >= 15 is 0 Å². The first-order chi connectivity index (χ1) is 12.3. The zero-order chi connectivity index (χ0) is 18.9. The van der Waals surface area contributed by atoms with Gasteiger partial charge in [-0.3, -0.25) is 4.79 Å². The van der Waals surface area contributed by atoms with Gasteiger partial charge < -0.3 is 4.90 Å². The molecule has 0 saturated carbocycles. The molecule has 26 heavy (non-hydrogen) atoms. The summed E-state index contributed by atoms with van der Waals surface area (Å²) in [4.78, 5) is 14.2. The molecular formula is C19H21ClN2O3S. The Morgan fingerprint density at radius 1 is 1.23 bits per heavy atom.